The normalized spacial score (nSPS) is 12.0. The number of hydrogen-bond donors (Lipinski definition) is 1. The van der Waals surface area contributed by atoms with E-state index in [1.165, 1.54) is 32.6 Å². The third-order valence-electron chi connectivity index (χ3n) is 9.98. The van der Waals surface area contributed by atoms with Gasteiger partial charge in [0, 0.05) is 17.1 Å². The second kappa shape index (κ2) is 15.1. The summed E-state index contributed by atoms with van der Waals surface area (Å²) in [6, 6.07) is 80.4. The summed E-state index contributed by atoms with van der Waals surface area (Å²) in [5, 5.41) is 4.51. The molecule has 1 N–H and O–H groups in total. The summed E-state index contributed by atoms with van der Waals surface area (Å²) >= 11 is 4.60. The molecule has 0 fully saturated rings. The van der Waals surface area contributed by atoms with Crippen LogP contribution in [-0.2, 0) is 6.16 Å². The number of anilines is 5. The maximum atomic E-state index is 4.60. The van der Waals surface area contributed by atoms with Crippen molar-refractivity contribution in [3.05, 3.63) is 230 Å². The van der Waals surface area contributed by atoms with Crippen molar-refractivity contribution >= 4 is 65.1 Å². The van der Waals surface area contributed by atoms with Crippen LogP contribution in [0.25, 0.3) is 11.1 Å². The molecular formula is C49H40BrN2P. The number of para-hydroxylation sites is 2. The van der Waals surface area contributed by atoms with E-state index in [-0.39, 0.29) is 0 Å². The molecule has 0 aliphatic heterocycles. The zero-order valence-corrected chi connectivity index (χ0v) is 31.8. The number of nitrogens with one attached hydrogen (secondary N) is 1. The Hall–Kier alpha value is -5.73. The molecule has 0 atom stereocenters. The van der Waals surface area contributed by atoms with Gasteiger partial charge in [0.25, 0.3) is 0 Å². The summed E-state index contributed by atoms with van der Waals surface area (Å²) < 4.78 is 0. The van der Waals surface area contributed by atoms with E-state index in [0.29, 0.717) is 0 Å². The predicted octanol–water partition coefficient (Wildman–Crippen LogP) is 12.9. The Morgan fingerprint density at radius 1 is 0.358 bits per heavy atom. The van der Waals surface area contributed by atoms with Gasteiger partial charge in [0.05, 0.1) is 0 Å². The van der Waals surface area contributed by atoms with Crippen molar-refractivity contribution in [2.75, 3.05) is 10.2 Å². The van der Waals surface area contributed by atoms with Gasteiger partial charge in [0.15, 0.2) is 0 Å². The summed E-state index contributed by atoms with van der Waals surface area (Å²) in [4.78, 5) is 2.28. The van der Waals surface area contributed by atoms with Crippen LogP contribution >= 0.6 is 20.8 Å². The van der Waals surface area contributed by atoms with Crippen molar-refractivity contribution in [2.45, 2.75) is 6.16 Å². The molecule has 4 heteroatoms. The van der Waals surface area contributed by atoms with Gasteiger partial charge < -0.3 is 4.90 Å². The van der Waals surface area contributed by atoms with Gasteiger partial charge in [-0.2, -0.15) is 0 Å². The van der Waals surface area contributed by atoms with Crippen LogP contribution in [0.2, 0.25) is 0 Å². The summed E-state index contributed by atoms with van der Waals surface area (Å²) in [6.07, 6.45) is 0.853. The fourth-order valence-electron chi connectivity index (χ4n) is 7.29. The Bertz CT molecular complexity index is 2230. The molecular weight excluding hydrogens is 727 g/mol. The molecule has 53 heavy (non-hydrogen) atoms. The number of hydrogen-bond acceptors (Lipinski definition) is 2. The van der Waals surface area contributed by atoms with Gasteiger partial charge >= 0.3 is 228 Å². The average molecular weight is 768 g/mol. The molecule has 0 saturated heterocycles. The zero-order valence-electron chi connectivity index (χ0n) is 29.3. The number of nitrogens with zero attached hydrogens (tertiary/aromatic N) is 1. The van der Waals surface area contributed by atoms with Crippen LogP contribution in [0.1, 0.15) is 5.56 Å². The van der Waals surface area contributed by atoms with Crippen molar-refractivity contribution in [1.29, 1.82) is 0 Å². The monoisotopic (exact) mass is 766 g/mol. The van der Waals surface area contributed by atoms with E-state index < -0.39 is 5.31 Å². The van der Waals surface area contributed by atoms with Crippen LogP contribution in [0.4, 0.5) is 28.4 Å². The van der Waals surface area contributed by atoms with Gasteiger partial charge in [0.1, 0.15) is 0 Å². The van der Waals surface area contributed by atoms with E-state index in [4.69, 9.17) is 0 Å². The van der Waals surface area contributed by atoms with Gasteiger partial charge in [-0.25, -0.2) is 0 Å². The van der Waals surface area contributed by atoms with Crippen LogP contribution < -0.4 is 26.1 Å². The molecule has 0 aliphatic carbocycles. The predicted molar refractivity (Wildman–Crippen MR) is 234 cm³/mol. The molecule has 8 aromatic carbocycles. The second-order valence-corrected chi connectivity index (χ2v) is 22.2. The quantitative estimate of drug-likeness (QED) is 0.132. The molecule has 0 spiro atoms. The van der Waals surface area contributed by atoms with E-state index in [2.05, 4.69) is 250 Å². The molecule has 0 radical (unpaired) electrons. The molecule has 0 bridgehead atoms. The fourth-order valence-corrected chi connectivity index (χ4v) is 15.0. The van der Waals surface area contributed by atoms with Crippen molar-refractivity contribution in [1.82, 2.24) is 0 Å². The van der Waals surface area contributed by atoms with Crippen LogP contribution in [0.5, 0.6) is 0 Å². The van der Waals surface area contributed by atoms with E-state index >= 15 is 0 Å². The minimum absolute atomic E-state index is 0.853. The molecule has 0 unspecified atom stereocenters. The third-order valence-corrected chi connectivity index (χ3v) is 19.5. The maximum absolute atomic E-state index is 4.60. The number of rotatable bonds is 11. The van der Waals surface area contributed by atoms with Gasteiger partial charge in [-0.05, 0) is 36.4 Å². The summed E-state index contributed by atoms with van der Waals surface area (Å²) in [6.45, 7) is 0. The van der Waals surface area contributed by atoms with E-state index in [1.807, 2.05) is 0 Å². The van der Waals surface area contributed by atoms with E-state index in [9.17, 15) is 0 Å². The molecule has 0 aliphatic rings. The average Bonchev–Trinajstić information content (AvgIpc) is 3.24. The number of halogens is 1. The first-order valence-electron chi connectivity index (χ1n) is 17.9. The topological polar surface area (TPSA) is 15.3 Å². The SMILES string of the molecule is BrP(Cc1ccc(Nc2ccc(-c3ccc(N(c4ccccc4)c4ccccc4)cc3)cc2)cc1)(c1ccccc1)(c1ccccc1)c1ccccc1. The van der Waals surface area contributed by atoms with Crippen molar-refractivity contribution < 1.29 is 0 Å². The van der Waals surface area contributed by atoms with E-state index in [0.717, 1.165) is 34.6 Å². The van der Waals surface area contributed by atoms with Gasteiger partial charge in [0.2, 0.25) is 0 Å². The molecule has 0 saturated carbocycles. The Kier molecular flexibility index (Phi) is 9.78. The standard InChI is InChI=1S/C49H40BrN2P/c50-53(47-20-10-3-11-21-47,48-22-12-4-13-23-48,49-24-14-5-15-25-49)38-39-26-32-42(33-27-39)51-43-34-28-40(29-35-43)41-30-36-46(37-31-41)52(44-16-6-1-7-17-44)45-18-8-2-9-19-45/h1-37,51H,38H2. The third kappa shape index (κ3) is 6.94. The Balaban J connectivity index is 1.02. The molecule has 2 nitrogen and oxygen atoms in total. The van der Waals surface area contributed by atoms with Crippen molar-refractivity contribution in [3.8, 4) is 11.1 Å². The second-order valence-electron chi connectivity index (χ2n) is 13.3. The molecule has 258 valence electrons. The zero-order chi connectivity index (χ0) is 36.0. The van der Waals surface area contributed by atoms with Crippen LogP contribution in [0.3, 0.4) is 0 Å². The molecule has 8 aromatic rings. The minimum atomic E-state index is -3.07. The molecule has 0 heterocycles. The first kappa shape index (κ1) is 34.4. The van der Waals surface area contributed by atoms with Crippen LogP contribution in [-0.4, -0.2) is 0 Å². The van der Waals surface area contributed by atoms with Gasteiger partial charge in [-0.1, -0.05) is 36.4 Å². The summed E-state index contributed by atoms with van der Waals surface area (Å²) in [5.74, 6) is 0. The molecule has 0 aromatic heterocycles. The Morgan fingerprint density at radius 3 is 1.08 bits per heavy atom. The fraction of sp³-hybridized carbons (Fsp3) is 0.0204. The number of benzene rings is 8. The van der Waals surface area contributed by atoms with Crippen molar-refractivity contribution in [3.63, 3.8) is 0 Å². The molecule has 8 rings (SSSR count). The Morgan fingerprint density at radius 2 is 0.679 bits per heavy atom. The van der Waals surface area contributed by atoms with Crippen LogP contribution in [0, 0.1) is 0 Å². The van der Waals surface area contributed by atoms with E-state index in [1.54, 1.807) is 0 Å². The molecule has 0 amide bonds. The van der Waals surface area contributed by atoms with Crippen LogP contribution in [0.15, 0.2) is 224 Å². The van der Waals surface area contributed by atoms with Gasteiger partial charge in [-0.15, -0.1) is 0 Å². The summed E-state index contributed by atoms with van der Waals surface area (Å²) in [5.41, 5.74) is 9.12. The van der Waals surface area contributed by atoms with Gasteiger partial charge in [-0.3, -0.25) is 0 Å². The van der Waals surface area contributed by atoms with Crippen molar-refractivity contribution in [2.24, 2.45) is 0 Å². The first-order chi connectivity index (χ1) is 26.1. The first-order valence-corrected chi connectivity index (χ1v) is 22.4. The Labute approximate surface area is 321 Å². The summed E-state index contributed by atoms with van der Waals surface area (Å²) in [7, 11) is 0.